The molecule has 5 heteroatoms. The lowest BCUT2D eigenvalue weighted by Crippen LogP contribution is -2.39. The van der Waals surface area contributed by atoms with Crippen molar-refractivity contribution in [1.82, 2.24) is 4.90 Å². The number of thiophene rings is 1. The first-order valence-electron chi connectivity index (χ1n) is 6.40. The van der Waals surface area contributed by atoms with E-state index in [9.17, 15) is 4.79 Å². The smallest absolute Gasteiger partial charge is 0.328 e. The fraction of sp³-hybridized carbons (Fsp3) is 0.500. The van der Waals surface area contributed by atoms with Crippen molar-refractivity contribution in [3.05, 3.63) is 28.0 Å². The third-order valence-corrected chi connectivity index (χ3v) is 5.21. The molecule has 1 N–H and O–H groups in total. The minimum absolute atomic E-state index is 0.690. The average molecular weight is 297 g/mol. The van der Waals surface area contributed by atoms with Crippen molar-refractivity contribution in [3.8, 4) is 0 Å². The van der Waals surface area contributed by atoms with Crippen LogP contribution in [0, 0.1) is 0 Å². The highest BCUT2D eigenvalue weighted by molar-refractivity contribution is 8.00. The van der Waals surface area contributed by atoms with E-state index < -0.39 is 5.97 Å². The van der Waals surface area contributed by atoms with Gasteiger partial charge in [0.2, 0.25) is 0 Å². The van der Waals surface area contributed by atoms with Gasteiger partial charge in [-0.05, 0) is 18.2 Å². The second-order valence-corrected chi connectivity index (χ2v) is 8.01. The summed E-state index contributed by atoms with van der Waals surface area (Å²) in [5, 5.41) is 9.99. The molecule has 1 saturated heterocycles. The van der Waals surface area contributed by atoms with Gasteiger partial charge in [0.25, 0.3) is 0 Å². The van der Waals surface area contributed by atoms with Crippen LogP contribution in [0.3, 0.4) is 0 Å². The fourth-order valence-corrected chi connectivity index (χ4v) is 4.70. The van der Waals surface area contributed by atoms with Crippen molar-refractivity contribution in [3.63, 3.8) is 0 Å². The molecule has 1 aliphatic rings. The molecular formula is C14H19NO2S2. The summed E-state index contributed by atoms with van der Waals surface area (Å²) in [6.45, 7) is 7.80. The summed E-state index contributed by atoms with van der Waals surface area (Å²) in [5.74, 6) is -0.898. The Morgan fingerprint density at radius 3 is 2.74 bits per heavy atom. The number of nitrogens with zero attached hydrogens (tertiary/aromatic N) is 1. The lowest BCUT2D eigenvalue weighted by atomic mass is 10.3. The summed E-state index contributed by atoms with van der Waals surface area (Å²) < 4.78 is 0. The van der Waals surface area contributed by atoms with Gasteiger partial charge in [0.1, 0.15) is 0 Å². The molecule has 2 heterocycles. The molecule has 1 fully saturated rings. The maximum atomic E-state index is 10.5. The van der Waals surface area contributed by atoms with Gasteiger partial charge in [-0.25, -0.2) is 4.79 Å². The van der Waals surface area contributed by atoms with Crippen LogP contribution in [0.15, 0.2) is 18.2 Å². The van der Waals surface area contributed by atoms with E-state index in [1.807, 2.05) is 6.07 Å². The number of hydrogen-bond donors (Lipinski definition) is 1. The molecule has 2 atom stereocenters. The maximum absolute atomic E-state index is 10.5. The van der Waals surface area contributed by atoms with Crippen LogP contribution in [-0.4, -0.2) is 39.6 Å². The van der Waals surface area contributed by atoms with E-state index >= 15 is 0 Å². The lowest BCUT2D eigenvalue weighted by molar-refractivity contribution is -0.131. The molecular weight excluding hydrogens is 278 g/mol. The molecule has 1 aromatic rings. The third kappa shape index (κ3) is 4.67. The summed E-state index contributed by atoms with van der Waals surface area (Å²) in [6, 6.07) is 4.09. The quantitative estimate of drug-likeness (QED) is 0.867. The van der Waals surface area contributed by atoms with Gasteiger partial charge in [0.15, 0.2) is 0 Å². The zero-order valence-electron chi connectivity index (χ0n) is 11.2. The van der Waals surface area contributed by atoms with E-state index in [-0.39, 0.29) is 0 Å². The predicted octanol–water partition coefficient (Wildman–Crippen LogP) is 3.17. The van der Waals surface area contributed by atoms with Crippen molar-refractivity contribution >= 4 is 35.1 Å². The van der Waals surface area contributed by atoms with Crippen LogP contribution < -0.4 is 0 Å². The molecule has 2 unspecified atom stereocenters. The number of aliphatic carboxylic acids is 1. The van der Waals surface area contributed by atoms with E-state index in [1.54, 1.807) is 17.4 Å². The number of carbonyl (C=O) groups is 1. The van der Waals surface area contributed by atoms with Gasteiger partial charge in [-0.3, -0.25) is 4.90 Å². The number of hydrogen-bond acceptors (Lipinski definition) is 4. The highest BCUT2D eigenvalue weighted by atomic mass is 32.2. The van der Waals surface area contributed by atoms with Crippen molar-refractivity contribution in [2.45, 2.75) is 30.9 Å². The molecule has 0 aliphatic carbocycles. The first kappa shape index (κ1) is 14.6. The van der Waals surface area contributed by atoms with Gasteiger partial charge < -0.3 is 5.11 Å². The molecule has 0 bridgehead atoms. The van der Waals surface area contributed by atoms with Crippen molar-refractivity contribution < 1.29 is 9.90 Å². The van der Waals surface area contributed by atoms with Crippen molar-refractivity contribution in [1.29, 1.82) is 0 Å². The summed E-state index contributed by atoms with van der Waals surface area (Å²) >= 11 is 3.73. The Hall–Kier alpha value is -0.780. The topological polar surface area (TPSA) is 40.5 Å². The number of rotatable bonds is 4. The Morgan fingerprint density at radius 1 is 1.42 bits per heavy atom. The van der Waals surface area contributed by atoms with Crippen LogP contribution in [0.5, 0.6) is 0 Å². The van der Waals surface area contributed by atoms with Crippen molar-refractivity contribution in [2.24, 2.45) is 0 Å². The Kier molecular flexibility index (Phi) is 5.07. The highest BCUT2D eigenvalue weighted by Crippen LogP contribution is 2.27. The van der Waals surface area contributed by atoms with Gasteiger partial charge >= 0.3 is 5.97 Å². The Bertz CT molecular complexity index is 460. The fourth-order valence-electron chi connectivity index (χ4n) is 2.36. The summed E-state index contributed by atoms with van der Waals surface area (Å²) in [5.41, 5.74) is 0. The zero-order chi connectivity index (χ0) is 13.8. The van der Waals surface area contributed by atoms with Crippen LogP contribution in [-0.2, 0) is 11.3 Å². The maximum Gasteiger partial charge on any atom is 0.328 e. The normalized spacial score (nSPS) is 24.9. The second-order valence-electron chi connectivity index (χ2n) is 4.93. The van der Waals surface area contributed by atoms with Gasteiger partial charge in [-0.2, -0.15) is 11.8 Å². The molecule has 0 radical (unpaired) electrons. The average Bonchev–Trinajstić information content (AvgIpc) is 2.72. The Labute approximate surface area is 122 Å². The van der Waals surface area contributed by atoms with E-state index in [2.05, 4.69) is 36.6 Å². The highest BCUT2D eigenvalue weighted by Gasteiger charge is 2.22. The van der Waals surface area contributed by atoms with E-state index in [4.69, 9.17) is 5.11 Å². The van der Waals surface area contributed by atoms with Crippen LogP contribution in [0.25, 0.3) is 6.08 Å². The molecule has 0 aromatic carbocycles. The molecule has 1 aliphatic heterocycles. The minimum atomic E-state index is -0.898. The van der Waals surface area contributed by atoms with E-state index in [0.717, 1.165) is 24.5 Å². The van der Waals surface area contributed by atoms with Crippen molar-refractivity contribution in [2.75, 3.05) is 13.1 Å². The van der Waals surface area contributed by atoms with Crippen LogP contribution in [0.2, 0.25) is 0 Å². The monoisotopic (exact) mass is 297 g/mol. The van der Waals surface area contributed by atoms with Gasteiger partial charge in [0, 0.05) is 46.0 Å². The van der Waals surface area contributed by atoms with Crippen LogP contribution in [0.4, 0.5) is 0 Å². The standard InChI is InChI=1S/C14H19NO2S2/c1-10-7-15(8-11(2)18-10)9-13-4-3-12(19-13)5-6-14(16)17/h3-6,10-11H,7-9H2,1-2H3,(H,16,17). The zero-order valence-corrected chi connectivity index (χ0v) is 12.8. The Morgan fingerprint density at radius 2 is 2.11 bits per heavy atom. The largest absolute Gasteiger partial charge is 0.478 e. The van der Waals surface area contributed by atoms with Gasteiger partial charge in [-0.1, -0.05) is 13.8 Å². The number of carboxylic acids is 1. The first-order chi connectivity index (χ1) is 9.02. The third-order valence-electron chi connectivity index (χ3n) is 2.95. The molecule has 0 amide bonds. The molecule has 2 rings (SSSR count). The van der Waals surface area contributed by atoms with Gasteiger partial charge in [-0.15, -0.1) is 11.3 Å². The number of thioether (sulfide) groups is 1. The Balaban J connectivity index is 1.94. The molecule has 104 valence electrons. The molecule has 3 nitrogen and oxygen atoms in total. The molecule has 1 aromatic heterocycles. The van der Waals surface area contributed by atoms with E-state index in [1.165, 1.54) is 11.0 Å². The summed E-state index contributed by atoms with van der Waals surface area (Å²) in [4.78, 5) is 15.3. The van der Waals surface area contributed by atoms with E-state index in [0.29, 0.717) is 10.5 Å². The van der Waals surface area contributed by atoms with Crippen LogP contribution in [0.1, 0.15) is 23.6 Å². The minimum Gasteiger partial charge on any atom is -0.478 e. The summed E-state index contributed by atoms with van der Waals surface area (Å²) in [6.07, 6.45) is 2.85. The second kappa shape index (κ2) is 6.59. The van der Waals surface area contributed by atoms with Gasteiger partial charge in [0.05, 0.1) is 0 Å². The molecule has 0 spiro atoms. The SMILES string of the molecule is CC1CN(Cc2ccc(C=CC(=O)O)s2)CC(C)S1. The predicted molar refractivity (Wildman–Crippen MR) is 82.8 cm³/mol. The first-order valence-corrected chi connectivity index (χ1v) is 8.16. The number of carboxylic acid groups (broad SMARTS) is 1. The molecule has 0 saturated carbocycles. The molecule has 19 heavy (non-hydrogen) atoms. The summed E-state index contributed by atoms with van der Waals surface area (Å²) in [7, 11) is 0. The van der Waals surface area contributed by atoms with Crippen LogP contribution >= 0.6 is 23.1 Å². The lowest BCUT2D eigenvalue weighted by Gasteiger charge is -2.34.